The summed E-state index contributed by atoms with van der Waals surface area (Å²) < 4.78 is 0.779. The Labute approximate surface area is 209 Å². The van der Waals surface area contributed by atoms with Crippen molar-refractivity contribution in [3.63, 3.8) is 0 Å². The molecule has 0 bridgehead atoms. The highest BCUT2D eigenvalue weighted by atomic mass is 16.5. The summed E-state index contributed by atoms with van der Waals surface area (Å²) in [5.74, 6) is 0.832. The average Bonchev–Trinajstić information content (AvgIpc) is 2.90. The number of piperidine rings is 1. The number of benzene rings is 2. The molecule has 0 unspecified atom stereocenters. The Kier molecular flexibility index (Phi) is 9.30. The van der Waals surface area contributed by atoms with Gasteiger partial charge < -0.3 is 10.5 Å². The van der Waals surface area contributed by atoms with Crippen LogP contribution in [0.5, 0.6) is 0 Å². The van der Waals surface area contributed by atoms with E-state index in [1.165, 1.54) is 42.8 Å². The van der Waals surface area contributed by atoms with Gasteiger partial charge in [0.15, 0.2) is 12.4 Å². The molecular formula is C30H37N3O2. The molecule has 1 amide bonds. The van der Waals surface area contributed by atoms with Crippen LogP contribution in [0.15, 0.2) is 85.2 Å². The number of amides is 1. The van der Waals surface area contributed by atoms with Crippen LogP contribution in [0.4, 0.5) is 0 Å². The number of aryl methyl sites for hydroxylation is 1. The molecule has 35 heavy (non-hydrogen) atoms. The standard InChI is InChI=1S/C30H37N3O2/c34-29(17-16-26-11-9-21-33(35)24-26)31-20-8-7-10-25-18-22-32(23-19-25)30(27-12-3-1-4-13-27)28-14-5-2-6-15-28/h1-6,9,11-15,21,24-25,30H,7-8,10,16-20,22-23H2,(H,31,34). The molecule has 1 aliphatic heterocycles. The highest BCUT2D eigenvalue weighted by Gasteiger charge is 2.27. The van der Waals surface area contributed by atoms with Gasteiger partial charge in [0.25, 0.3) is 0 Å². The largest absolute Gasteiger partial charge is 0.619 e. The number of pyridine rings is 1. The Bertz CT molecular complexity index is 994. The highest BCUT2D eigenvalue weighted by molar-refractivity contribution is 5.76. The predicted molar refractivity (Wildman–Crippen MR) is 140 cm³/mol. The zero-order valence-electron chi connectivity index (χ0n) is 20.5. The summed E-state index contributed by atoms with van der Waals surface area (Å²) in [5, 5.41) is 14.3. The quantitative estimate of drug-likeness (QED) is 0.242. The summed E-state index contributed by atoms with van der Waals surface area (Å²) in [7, 11) is 0. The SMILES string of the molecule is O=C(CCc1ccc[n+]([O-])c1)NCCCCC1CCN(C(c2ccccc2)c2ccccc2)CC1. The Morgan fingerprint density at radius 2 is 1.60 bits per heavy atom. The monoisotopic (exact) mass is 471 g/mol. The molecule has 0 spiro atoms. The molecule has 0 aliphatic carbocycles. The van der Waals surface area contributed by atoms with Crippen molar-refractivity contribution in [1.29, 1.82) is 0 Å². The number of rotatable bonds is 11. The maximum Gasteiger partial charge on any atom is 0.220 e. The lowest BCUT2D eigenvalue weighted by molar-refractivity contribution is -0.605. The molecule has 184 valence electrons. The van der Waals surface area contributed by atoms with Crippen LogP contribution in [0.3, 0.4) is 0 Å². The van der Waals surface area contributed by atoms with E-state index in [4.69, 9.17) is 0 Å². The molecule has 0 saturated carbocycles. The lowest BCUT2D eigenvalue weighted by atomic mass is 9.88. The minimum Gasteiger partial charge on any atom is -0.619 e. The molecule has 1 N–H and O–H groups in total. The van der Waals surface area contributed by atoms with Gasteiger partial charge in [0.05, 0.1) is 6.04 Å². The number of nitrogens with one attached hydrogen (secondary N) is 1. The third kappa shape index (κ3) is 7.66. The van der Waals surface area contributed by atoms with Crippen molar-refractivity contribution in [2.45, 2.75) is 51.0 Å². The van der Waals surface area contributed by atoms with Crippen molar-refractivity contribution in [3.05, 3.63) is 107 Å². The second-order valence-electron chi connectivity index (χ2n) is 9.62. The number of carbonyl (C=O) groups is 1. The normalized spacial score (nSPS) is 14.8. The molecule has 2 heterocycles. The summed E-state index contributed by atoms with van der Waals surface area (Å²) in [4.78, 5) is 14.7. The molecule has 2 aromatic carbocycles. The van der Waals surface area contributed by atoms with Crippen molar-refractivity contribution >= 4 is 5.91 Å². The first-order valence-electron chi connectivity index (χ1n) is 13.0. The van der Waals surface area contributed by atoms with E-state index in [1.807, 2.05) is 6.07 Å². The van der Waals surface area contributed by atoms with Crippen molar-refractivity contribution in [2.75, 3.05) is 19.6 Å². The van der Waals surface area contributed by atoms with Crippen LogP contribution < -0.4 is 10.0 Å². The molecule has 1 aromatic heterocycles. The van der Waals surface area contributed by atoms with E-state index in [2.05, 4.69) is 70.9 Å². The number of nitrogens with zero attached hydrogens (tertiary/aromatic N) is 2. The van der Waals surface area contributed by atoms with E-state index in [-0.39, 0.29) is 5.91 Å². The molecule has 0 atom stereocenters. The minimum absolute atomic E-state index is 0.0625. The van der Waals surface area contributed by atoms with Crippen LogP contribution in [0.25, 0.3) is 0 Å². The van der Waals surface area contributed by atoms with E-state index in [9.17, 15) is 10.0 Å². The minimum atomic E-state index is 0.0625. The van der Waals surface area contributed by atoms with Gasteiger partial charge in [-0.05, 0) is 61.9 Å². The molecule has 1 fully saturated rings. The number of hydrogen-bond donors (Lipinski definition) is 1. The lowest BCUT2D eigenvalue weighted by Crippen LogP contribution is -2.37. The Morgan fingerprint density at radius 3 is 2.23 bits per heavy atom. The summed E-state index contributed by atoms with van der Waals surface area (Å²) in [5.41, 5.74) is 3.63. The molecule has 1 aliphatic rings. The maximum absolute atomic E-state index is 12.1. The number of carbonyl (C=O) groups excluding carboxylic acids is 1. The summed E-state index contributed by atoms with van der Waals surface area (Å²) in [6.07, 6.45) is 9.89. The zero-order valence-corrected chi connectivity index (χ0v) is 20.5. The van der Waals surface area contributed by atoms with Crippen molar-refractivity contribution in [1.82, 2.24) is 10.2 Å². The van der Waals surface area contributed by atoms with Crippen molar-refractivity contribution in [2.24, 2.45) is 5.92 Å². The van der Waals surface area contributed by atoms with Gasteiger partial charge in [0, 0.05) is 24.6 Å². The molecule has 3 aromatic rings. The summed E-state index contributed by atoms with van der Waals surface area (Å²) in [6.45, 7) is 2.98. The number of hydrogen-bond acceptors (Lipinski definition) is 3. The fourth-order valence-electron chi connectivity index (χ4n) is 5.17. The Morgan fingerprint density at radius 1 is 0.943 bits per heavy atom. The van der Waals surface area contributed by atoms with Crippen LogP contribution in [0, 0.1) is 11.1 Å². The Balaban J connectivity index is 1.15. The number of likely N-dealkylation sites (tertiary alicyclic amines) is 1. The van der Waals surface area contributed by atoms with Gasteiger partial charge >= 0.3 is 0 Å². The van der Waals surface area contributed by atoms with Crippen LogP contribution in [0.2, 0.25) is 0 Å². The smallest absolute Gasteiger partial charge is 0.220 e. The third-order valence-corrected chi connectivity index (χ3v) is 7.08. The number of aromatic nitrogens is 1. The fraction of sp³-hybridized carbons (Fsp3) is 0.400. The van der Waals surface area contributed by atoms with E-state index in [0.717, 1.165) is 48.7 Å². The topological polar surface area (TPSA) is 59.3 Å². The highest BCUT2D eigenvalue weighted by Crippen LogP contribution is 2.33. The van der Waals surface area contributed by atoms with Crippen LogP contribution >= 0.6 is 0 Å². The third-order valence-electron chi connectivity index (χ3n) is 7.08. The van der Waals surface area contributed by atoms with E-state index in [0.29, 0.717) is 18.9 Å². The molecule has 1 saturated heterocycles. The molecule has 0 radical (unpaired) electrons. The van der Waals surface area contributed by atoms with Crippen molar-refractivity contribution < 1.29 is 9.52 Å². The zero-order chi connectivity index (χ0) is 24.3. The lowest BCUT2D eigenvalue weighted by Gasteiger charge is -2.38. The van der Waals surface area contributed by atoms with Crippen LogP contribution in [0.1, 0.15) is 61.3 Å². The average molecular weight is 472 g/mol. The maximum atomic E-state index is 12.1. The van der Waals surface area contributed by atoms with Gasteiger partial charge in [-0.3, -0.25) is 9.69 Å². The van der Waals surface area contributed by atoms with E-state index < -0.39 is 0 Å². The van der Waals surface area contributed by atoms with Gasteiger partial charge in [-0.15, -0.1) is 0 Å². The van der Waals surface area contributed by atoms with Crippen LogP contribution in [-0.2, 0) is 11.2 Å². The predicted octanol–water partition coefficient (Wildman–Crippen LogP) is 5.04. The second kappa shape index (κ2) is 13.1. The van der Waals surface area contributed by atoms with Crippen molar-refractivity contribution in [3.8, 4) is 0 Å². The second-order valence-corrected chi connectivity index (χ2v) is 9.62. The van der Waals surface area contributed by atoms with E-state index in [1.54, 1.807) is 6.07 Å². The first-order valence-corrected chi connectivity index (χ1v) is 13.0. The Hall–Kier alpha value is -3.18. The fourth-order valence-corrected chi connectivity index (χ4v) is 5.17. The van der Waals surface area contributed by atoms with E-state index >= 15 is 0 Å². The molecule has 5 heteroatoms. The molecule has 4 rings (SSSR count). The van der Waals surface area contributed by atoms with Gasteiger partial charge in [-0.1, -0.05) is 73.5 Å². The summed E-state index contributed by atoms with van der Waals surface area (Å²) in [6, 6.07) is 25.6. The molecule has 5 nitrogen and oxygen atoms in total. The summed E-state index contributed by atoms with van der Waals surface area (Å²) >= 11 is 0. The van der Waals surface area contributed by atoms with Crippen LogP contribution in [-0.4, -0.2) is 30.4 Å². The van der Waals surface area contributed by atoms with Gasteiger partial charge in [-0.25, -0.2) is 0 Å². The van der Waals surface area contributed by atoms with Gasteiger partial charge in [0.1, 0.15) is 0 Å². The first-order chi connectivity index (χ1) is 17.2. The van der Waals surface area contributed by atoms with Gasteiger partial charge in [-0.2, -0.15) is 4.73 Å². The first kappa shape index (κ1) is 24.9. The number of unbranched alkanes of at least 4 members (excludes halogenated alkanes) is 1. The van der Waals surface area contributed by atoms with Gasteiger partial charge in [0.2, 0.25) is 5.91 Å². The molecular weight excluding hydrogens is 434 g/mol.